The molecule has 1 aromatic rings. The van der Waals surface area contributed by atoms with Crippen molar-refractivity contribution < 1.29 is 9.13 Å². The van der Waals surface area contributed by atoms with E-state index in [1.54, 1.807) is 12.1 Å². The minimum atomic E-state index is -0.309. The monoisotopic (exact) mass is 273 g/mol. The quantitative estimate of drug-likeness (QED) is 0.854. The predicted molar refractivity (Wildman–Crippen MR) is 60.0 cm³/mol. The topological polar surface area (TPSA) is 35.2 Å². The van der Waals surface area contributed by atoms with Crippen molar-refractivity contribution in [1.82, 2.24) is 0 Å². The van der Waals surface area contributed by atoms with Crippen LogP contribution >= 0.6 is 15.9 Å². The van der Waals surface area contributed by atoms with Crippen LogP contribution < -0.4 is 5.73 Å². The molecule has 1 saturated heterocycles. The second-order valence-electron chi connectivity index (χ2n) is 3.76. The van der Waals surface area contributed by atoms with Crippen molar-refractivity contribution in [3.05, 3.63) is 34.1 Å². The molecule has 1 heterocycles. The molecule has 0 saturated carbocycles. The molecule has 1 aliphatic rings. The van der Waals surface area contributed by atoms with Crippen LogP contribution in [-0.2, 0) is 4.74 Å². The maximum absolute atomic E-state index is 13.6. The third kappa shape index (κ3) is 2.38. The fourth-order valence-electron chi connectivity index (χ4n) is 1.86. The molecule has 2 nitrogen and oxygen atoms in total. The summed E-state index contributed by atoms with van der Waals surface area (Å²) in [5, 5.41) is 0. The molecule has 2 N–H and O–H groups in total. The number of halogens is 2. The van der Waals surface area contributed by atoms with Crippen molar-refractivity contribution in [2.75, 3.05) is 6.61 Å². The Morgan fingerprint density at radius 1 is 1.47 bits per heavy atom. The van der Waals surface area contributed by atoms with Crippen LogP contribution in [0.1, 0.15) is 24.5 Å². The minimum Gasteiger partial charge on any atom is -0.372 e. The SMILES string of the molecule is NC1CCCOC1c1cc(Br)ccc1F. The average molecular weight is 274 g/mol. The normalized spacial score (nSPS) is 26.6. The van der Waals surface area contributed by atoms with E-state index < -0.39 is 0 Å². The Labute approximate surface area is 96.7 Å². The molecule has 1 aliphatic heterocycles. The van der Waals surface area contributed by atoms with Crippen LogP contribution in [0.4, 0.5) is 4.39 Å². The van der Waals surface area contributed by atoms with E-state index in [9.17, 15) is 4.39 Å². The van der Waals surface area contributed by atoms with E-state index >= 15 is 0 Å². The van der Waals surface area contributed by atoms with Crippen LogP contribution in [0.2, 0.25) is 0 Å². The van der Waals surface area contributed by atoms with Gasteiger partial charge in [-0.15, -0.1) is 0 Å². The first kappa shape index (κ1) is 11.0. The highest BCUT2D eigenvalue weighted by Crippen LogP contribution is 2.30. The summed E-state index contributed by atoms with van der Waals surface area (Å²) in [6.45, 7) is 0.657. The van der Waals surface area contributed by atoms with E-state index in [2.05, 4.69) is 15.9 Å². The summed E-state index contributed by atoms with van der Waals surface area (Å²) >= 11 is 3.32. The first-order valence-electron chi connectivity index (χ1n) is 5.00. The number of rotatable bonds is 1. The van der Waals surface area contributed by atoms with E-state index in [4.69, 9.17) is 10.5 Å². The van der Waals surface area contributed by atoms with Gasteiger partial charge >= 0.3 is 0 Å². The molecule has 2 atom stereocenters. The van der Waals surface area contributed by atoms with Crippen molar-refractivity contribution in [3.8, 4) is 0 Å². The Balaban J connectivity index is 2.30. The van der Waals surface area contributed by atoms with Gasteiger partial charge in [-0.3, -0.25) is 0 Å². The molecule has 4 heteroatoms. The summed E-state index contributed by atoms with van der Waals surface area (Å²) in [7, 11) is 0. The Morgan fingerprint density at radius 3 is 3.00 bits per heavy atom. The van der Waals surface area contributed by atoms with Gasteiger partial charge < -0.3 is 10.5 Å². The van der Waals surface area contributed by atoms with Crippen LogP contribution in [0, 0.1) is 5.82 Å². The van der Waals surface area contributed by atoms with Gasteiger partial charge in [0, 0.05) is 22.7 Å². The second kappa shape index (κ2) is 4.60. The van der Waals surface area contributed by atoms with Gasteiger partial charge in [0.15, 0.2) is 0 Å². The first-order valence-corrected chi connectivity index (χ1v) is 5.80. The van der Waals surface area contributed by atoms with Gasteiger partial charge in [-0.25, -0.2) is 4.39 Å². The van der Waals surface area contributed by atoms with Crippen LogP contribution in [0.5, 0.6) is 0 Å². The first-order chi connectivity index (χ1) is 7.18. The van der Waals surface area contributed by atoms with Gasteiger partial charge in [0.25, 0.3) is 0 Å². The highest BCUT2D eigenvalue weighted by Gasteiger charge is 2.26. The van der Waals surface area contributed by atoms with Crippen molar-refractivity contribution in [2.24, 2.45) is 5.73 Å². The molecule has 0 bridgehead atoms. The Morgan fingerprint density at radius 2 is 2.27 bits per heavy atom. The molecule has 0 radical (unpaired) electrons. The summed E-state index contributed by atoms with van der Waals surface area (Å²) in [4.78, 5) is 0. The Kier molecular flexibility index (Phi) is 3.38. The second-order valence-corrected chi connectivity index (χ2v) is 4.68. The van der Waals surface area contributed by atoms with Crippen LogP contribution in [0.15, 0.2) is 22.7 Å². The fraction of sp³-hybridized carbons (Fsp3) is 0.455. The van der Waals surface area contributed by atoms with Gasteiger partial charge in [-0.1, -0.05) is 15.9 Å². The van der Waals surface area contributed by atoms with Gasteiger partial charge in [0.1, 0.15) is 11.9 Å². The predicted octanol–water partition coefficient (Wildman–Crippen LogP) is 2.77. The lowest BCUT2D eigenvalue weighted by Gasteiger charge is -2.29. The number of hydrogen-bond donors (Lipinski definition) is 1. The summed E-state index contributed by atoms with van der Waals surface area (Å²) in [5.74, 6) is -0.249. The molecule has 0 spiro atoms. The molecule has 1 aromatic carbocycles. The van der Waals surface area contributed by atoms with Crippen molar-refractivity contribution in [2.45, 2.75) is 25.0 Å². The lowest BCUT2D eigenvalue weighted by atomic mass is 9.96. The average Bonchev–Trinajstić information content (AvgIpc) is 2.23. The number of ether oxygens (including phenoxy) is 1. The van der Waals surface area contributed by atoms with Gasteiger partial charge in [0.2, 0.25) is 0 Å². The zero-order chi connectivity index (χ0) is 10.8. The van der Waals surface area contributed by atoms with Gasteiger partial charge in [-0.05, 0) is 31.0 Å². The third-order valence-electron chi connectivity index (χ3n) is 2.63. The largest absolute Gasteiger partial charge is 0.372 e. The molecule has 15 heavy (non-hydrogen) atoms. The minimum absolute atomic E-state index is 0.109. The van der Waals surface area contributed by atoms with E-state index in [1.807, 2.05) is 0 Å². The molecular weight excluding hydrogens is 261 g/mol. The van der Waals surface area contributed by atoms with Crippen molar-refractivity contribution in [3.63, 3.8) is 0 Å². The Bertz CT molecular complexity index is 358. The summed E-state index contributed by atoms with van der Waals surface area (Å²) in [5.41, 5.74) is 6.48. The maximum Gasteiger partial charge on any atom is 0.129 e. The molecule has 2 rings (SSSR count). The fourth-order valence-corrected chi connectivity index (χ4v) is 2.24. The molecule has 0 aromatic heterocycles. The van der Waals surface area contributed by atoms with E-state index in [0.29, 0.717) is 12.2 Å². The highest BCUT2D eigenvalue weighted by atomic mass is 79.9. The molecule has 82 valence electrons. The number of benzene rings is 1. The van der Waals surface area contributed by atoms with Crippen molar-refractivity contribution >= 4 is 15.9 Å². The van der Waals surface area contributed by atoms with Gasteiger partial charge in [-0.2, -0.15) is 0 Å². The molecule has 2 unspecified atom stereocenters. The van der Waals surface area contributed by atoms with E-state index in [-0.39, 0.29) is 18.0 Å². The third-order valence-corrected chi connectivity index (χ3v) is 3.13. The zero-order valence-electron chi connectivity index (χ0n) is 8.25. The van der Waals surface area contributed by atoms with E-state index in [1.165, 1.54) is 6.07 Å². The van der Waals surface area contributed by atoms with Gasteiger partial charge in [0.05, 0.1) is 0 Å². The molecule has 0 aliphatic carbocycles. The number of hydrogen-bond acceptors (Lipinski definition) is 2. The molecule has 1 fully saturated rings. The summed E-state index contributed by atoms with van der Waals surface area (Å²) in [6.07, 6.45) is 1.53. The molecule has 0 amide bonds. The van der Waals surface area contributed by atoms with Crippen LogP contribution in [0.3, 0.4) is 0 Å². The maximum atomic E-state index is 13.6. The summed E-state index contributed by atoms with van der Waals surface area (Å²) < 4.78 is 19.9. The van der Waals surface area contributed by atoms with E-state index in [0.717, 1.165) is 17.3 Å². The van der Waals surface area contributed by atoms with Crippen LogP contribution in [-0.4, -0.2) is 12.6 Å². The zero-order valence-corrected chi connectivity index (χ0v) is 9.84. The molecular formula is C11H13BrFNO. The lowest BCUT2D eigenvalue weighted by molar-refractivity contribution is -0.00191. The van der Waals surface area contributed by atoms with Crippen molar-refractivity contribution in [1.29, 1.82) is 0 Å². The standard InChI is InChI=1S/C11H13BrFNO/c12-7-3-4-9(13)8(6-7)11-10(14)2-1-5-15-11/h3-4,6,10-11H,1-2,5,14H2. The highest BCUT2D eigenvalue weighted by molar-refractivity contribution is 9.10. The lowest BCUT2D eigenvalue weighted by Crippen LogP contribution is -2.34. The smallest absolute Gasteiger partial charge is 0.129 e. The Hall–Kier alpha value is -0.450. The number of nitrogens with two attached hydrogens (primary N) is 1. The summed E-state index contributed by atoms with van der Waals surface area (Å²) in [6, 6.07) is 4.74. The van der Waals surface area contributed by atoms with Crippen LogP contribution in [0.25, 0.3) is 0 Å².